The smallest absolute Gasteiger partial charge is 0.483 e. The number of hydrogen-bond donors (Lipinski definition) is 0. The number of ether oxygens (including phenoxy) is 3. The lowest BCUT2D eigenvalue weighted by atomic mass is 10.2. The molecule has 0 N–H and O–H groups in total. The molecule has 1 aliphatic heterocycles. The Morgan fingerprint density at radius 2 is 2.21 bits per heavy atom. The first kappa shape index (κ1) is 10.6. The minimum absolute atomic E-state index is 0.0521. The van der Waals surface area contributed by atoms with Crippen LogP contribution in [-0.2, 0) is 19.0 Å². The fraction of sp³-hybridized carbons (Fsp3) is 0.556. The van der Waals surface area contributed by atoms with Crippen LogP contribution in [0.5, 0.6) is 0 Å². The molecule has 5 nitrogen and oxygen atoms in total. The molecule has 0 aliphatic carbocycles. The molecule has 5 heteroatoms. The van der Waals surface area contributed by atoms with Crippen molar-refractivity contribution < 1.29 is 23.8 Å². The van der Waals surface area contributed by atoms with Gasteiger partial charge >= 0.3 is 6.16 Å². The molecule has 0 radical (unpaired) electrons. The predicted octanol–water partition coefficient (Wildman–Crippen LogP) is 1.38. The Balaban J connectivity index is 2.73. The summed E-state index contributed by atoms with van der Waals surface area (Å²) in [5, 5.41) is 0. The first-order valence-electron chi connectivity index (χ1n) is 4.27. The number of Topliss-reactive ketones (excluding diaryl/α,β-unsaturated/α-hetero) is 1. The van der Waals surface area contributed by atoms with Crippen molar-refractivity contribution in [3.63, 3.8) is 0 Å². The van der Waals surface area contributed by atoms with Crippen LogP contribution in [0.15, 0.2) is 11.5 Å². The molecule has 1 aliphatic rings. The molecule has 0 aromatic carbocycles. The molecule has 0 saturated heterocycles. The van der Waals surface area contributed by atoms with Gasteiger partial charge in [-0.2, -0.15) is 0 Å². The van der Waals surface area contributed by atoms with Gasteiger partial charge in [-0.05, 0) is 13.3 Å². The summed E-state index contributed by atoms with van der Waals surface area (Å²) in [6, 6.07) is 0. The number of carbonyl (C=O) groups is 2. The molecule has 0 spiro atoms. The van der Waals surface area contributed by atoms with Crippen LogP contribution in [0, 0.1) is 0 Å². The van der Waals surface area contributed by atoms with E-state index in [-0.39, 0.29) is 11.5 Å². The van der Waals surface area contributed by atoms with Crippen LogP contribution >= 0.6 is 0 Å². The Morgan fingerprint density at radius 3 is 2.64 bits per heavy atom. The summed E-state index contributed by atoms with van der Waals surface area (Å²) in [5.41, 5.74) is 0. The van der Waals surface area contributed by atoms with Gasteiger partial charge in [0.25, 0.3) is 0 Å². The van der Waals surface area contributed by atoms with Crippen molar-refractivity contribution >= 4 is 11.9 Å². The van der Waals surface area contributed by atoms with E-state index in [9.17, 15) is 9.59 Å². The Bertz CT molecular complexity index is 292. The summed E-state index contributed by atoms with van der Waals surface area (Å²) in [4.78, 5) is 22.3. The standard InChI is InChI=1S/C9H12O5/c1-4-6-7(10)8(5(2)13-6)14-9(11)12-3/h6H,4H2,1-3H3. The van der Waals surface area contributed by atoms with Crippen LogP contribution in [0.4, 0.5) is 4.79 Å². The van der Waals surface area contributed by atoms with Crippen LogP contribution in [0.2, 0.25) is 0 Å². The SMILES string of the molecule is CCC1OC(C)=C(OC(=O)OC)C1=O. The molecule has 0 bridgehead atoms. The normalized spacial score (nSPS) is 20.8. The highest BCUT2D eigenvalue weighted by atomic mass is 16.7. The van der Waals surface area contributed by atoms with Gasteiger partial charge in [0, 0.05) is 0 Å². The second-order valence-corrected chi connectivity index (χ2v) is 2.82. The minimum Gasteiger partial charge on any atom is -0.483 e. The fourth-order valence-electron chi connectivity index (χ4n) is 1.16. The fourth-order valence-corrected chi connectivity index (χ4v) is 1.16. The Hall–Kier alpha value is -1.52. The van der Waals surface area contributed by atoms with Crippen LogP contribution in [0.1, 0.15) is 20.3 Å². The zero-order chi connectivity index (χ0) is 10.7. The molecule has 1 rings (SSSR count). The molecule has 1 atom stereocenters. The zero-order valence-electron chi connectivity index (χ0n) is 8.33. The summed E-state index contributed by atoms with van der Waals surface area (Å²) in [6.45, 7) is 3.39. The van der Waals surface area contributed by atoms with E-state index in [1.54, 1.807) is 6.92 Å². The molecule has 78 valence electrons. The summed E-state index contributed by atoms with van der Waals surface area (Å²) < 4.78 is 14.1. The zero-order valence-corrected chi connectivity index (χ0v) is 8.33. The summed E-state index contributed by atoms with van der Waals surface area (Å²) in [7, 11) is 1.18. The van der Waals surface area contributed by atoms with Crippen molar-refractivity contribution in [3.05, 3.63) is 11.5 Å². The quantitative estimate of drug-likeness (QED) is 0.630. The van der Waals surface area contributed by atoms with Gasteiger partial charge in [-0.15, -0.1) is 0 Å². The summed E-state index contributed by atoms with van der Waals surface area (Å²) >= 11 is 0. The number of methoxy groups -OCH3 is 1. The Morgan fingerprint density at radius 1 is 1.57 bits per heavy atom. The molecule has 0 aromatic heterocycles. The number of allylic oxidation sites excluding steroid dienone is 1. The third kappa shape index (κ3) is 1.86. The number of ketones is 1. The van der Waals surface area contributed by atoms with Gasteiger partial charge in [-0.25, -0.2) is 4.79 Å². The maximum absolute atomic E-state index is 11.5. The van der Waals surface area contributed by atoms with Gasteiger partial charge in [0.1, 0.15) is 5.76 Å². The van der Waals surface area contributed by atoms with Gasteiger partial charge < -0.3 is 14.2 Å². The topological polar surface area (TPSA) is 61.8 Å². The molecular weight excluding hydrogens is 188 g/mol. The van der Waals surface area contributed by atoms with Crippen molar-refractivity contribution in [2.24, 2.45) is 0 Å². The van der Waals surface area contributed by atoms with Crippen LogP contribution < -0.4 is 0 Å². The lowest BCUT2D eigenvalue weighted by molar-refractivity contribution is -0.123. The number of carbonyl (C=O) groups excluding carboxylic acids is 2. The monoisotopic (exact) mass is 200 g/mol. The van der Waals surface area contributed by atoms with Gasteiger partial charge in [0.2, 0.25) is 11.5 Å². The average molecular weight is 200 g/mol. The van der Waals surface area contributed by atoms with Crippen LogP contribution in [0.25, 0.3) is 0 Å². The van der Waals surface area contributed by atoms with Gasteiger partial charge in [-0.3, -0.25) is 4.79 Å². The van der Waals surface area contributed by atoms with Crippen LogP contribution in [-0.4, -0.2) is 25.2 Å². The lowest BCUT2D eigenvalue weighted by Gasteiger charge is -2.04. The van der Waals surface area contributed by atoms with E-state index in [2.05, 4.69) is 9.47 Å². The van der Waals surface area contributed by atoms with E-state index in [0.29, 0.717) is 12.2 Å². The van der Waals surface area contributed by atoms with Crippen LogP contribution in [0.3, 0.4) is 0 Å². The highest BCUT2D eigenvalue weighted by Crippen LogP contribution is 2.24. The van der Waals surface area contributed by atoms with E-state index in [1.807, 2.05) is 6.92 Å². The van der Waals surface area contributed by atoms with E-state index in [1.165, 1.54) is 7.11 Å². The van der Waals surface area contributed by atoms with Crippen molar-refractivity contribution in [2.45, 2.75) is 26.4 Å². The highest BCUT2D eigenvalue weighted by molar-refractivity contribution is 6.00. The van der Waals surface area contributed by atoms with Crippen molar-refractivity contribution in [3.8, 4) is 0 Å². The molecular formula is C9H12O5. The number of rotatable bonds is 2. The third-order valence-electron chi connectivity index (χ3n) is 1.88. The first-order chi connectivity index (χ1) is 6.60. The molecule has 0 fully saturated rings. The van der Waals surface area contributed by atoms with Gasteiger partial charge in [0.15, 0.2) is 6.10 Å². The van der Waals surface area contributed by atoms with Crippen molar-refractivity contribution in [1.82, 2.24) is 0 Å². The lowest BCUT2D eigenvalue weighted by Crippen LogP contribution is -2.19. The molecule has 0 amide bonds. The first-order valence-corrected chi connectivity index (χ1v) is 4.27. The second kappa shape index (κ2) is 4.13. The maximum Gasteiger partial charge on any atom is 0.513 e. The summed E-state index contributed by atoms with van der Waals surface area (Å²) in [6.07, 6.45) is -0.896. The van der Waals surface area contributed by atoms with E-state index in [0.717, 1.165) is 0 Å². The van der Waals surface area contributed by atoms with E-state index < -0.39 is 12.3 Å². The van der Waals surface area contributed by atoms with Gasteiger partial charge in [-0.1, -0.05) is 6.92 Å². The predicted molar refractivity (Wildman–Crippen MR) is 46.4 cm³/mol. The number of hydrogen-bond acceptors (Lipinski definition) is 5. The largest absolute Gasteiger partial charge is 0.513 e. The Kier molecular flexibility index (Phi) is 3.11. The molecule has 1 heterocycles. The highest BCUT2D eigenvalue weighted by Gasteiger charge is 2.35. The molecule has 0 aromatic rings. The Labute approximate surface area is 81.6 Å². The minimum atomic E-state index is -0.909. The third-order valence-corrected chi connectivity index (χ3v) is 1.88. The second-order valence-electron chi connectivity index (χ2n) is 2.82. The van der Waals surface area contributed by atoms with E-state index in [4.69, 9.17) is 4.74 Å². The molecule has 0 saturated carbocycles. The van der Waals surface area contributed by atoms with Crippen molar-refractivity contribution in [1.29, 1.82) is 0 Å². The van der Waals surface area contributed by atoms with E-state index >= 15 is 0 Å². The summed E-state index contributed by atoms with van der Waals surface area (Å²) in [5.74, 6) is -0.0358. The maximum atomic E-state index is 11.5. The molecule has 1 unspecified atom stereocenters. The van der Waals surface area contributed by atoms with Crippen molar-refractivity contribution in [2.75, 3.05) is 7.11 Å². The van der Waals surface area contributed by atoms with Gasteiger partial charge in [0.05, 0.1) is 7.11 Å². The average Bonchev–Trinajstić information content (AvgIpc) is 2.44. The molecule has 14 heavy (non-hydrogen) atoms.